The van der Waals surface area contributed by atoms with Crippen LogP contribution in [0.5, 0.6) is 0 Å². The average Bonchev–Trinajstić information content (AvgIpc) is 2.58. The fraction of sp³-hybridized carbons (Fsp3) is 0.200. The van der Waals surface area contributed by atoms with E-state index in [1.54, 1.807) is 30.3 Å². The Morgan fingerprint density at radius 1 is 1.22 bits per heavy atom. The van der Waals surface area contributed by atoms with Crippen molar-refractivity contribution in [1.29, 1.82) is 0 Å². The summed E-state index contributed by atoms with van der Waals surface area (Å²) in [5.41, 5.74) is -1.08. The molecule has 0 bridgehead atoms. The maximum atomic E-state index is 11.5. The minimum Gasteiger partial charge on any atom is -0.313 e. The van der Waals surface area contributed by atoms with Crippen LogP contribution >= 0.6 is 0 Å². The van der Waals surface area contributed by atoms with Gasteiger partial charge in [0.1, 0.15) is 0 Å². The van der Waals surface area contributed by atoms with Gasteiger partial charge < -0.3 is 5.32 Å². The van der Waals surface area contributed by atoms with Gasteiger partial charge in [0, 0.05) is 6.54 Å². The molecule has 1 aromatic carbocycles. The van der Waals surface area contributed by atoms with Crippen molar-refractivity contribution in [3.63, 3.8) is 0 Å². The molecule has 1 aliphatic rings. The highest BCUT2D eigenvalue weighted by Gasteiger charge is 2.44. The Morgan fingerprint density at radius 3 is 2.39 bits per heavy atom. The van der Waals surface area contributed by atoms with Crippen LogP contribution < -0.4 is 5.32 Å². The molecule has 0 radical (unpaired) electrons. The molecule has 0 saturated carbocycles. The molecule has 1 heterocycles. The molecule has 1 aliphatic heterocycles. The predicted molar refractivity (Wildman–Crippen MR) is 60.5 cm³/mol. The normalized spacial score (nSPS) is 20.1. The molecule has 1 atom stereocenters. The van der Waals surface area contributed by atoms with E-state index in [4.69, 9.17) is 4.55 Å². The van der Waals surface area contributed by atoms with Crippen molar-refractivity contribution in [2.45, 2.75) is 12.0 Å². The van der Waals surface area contributed by atoms with Crippen LogP contribution in [0.25, 0.3) is 0 Å². The van der Waals surface area contributed by atoms with Gasteiger partial charge in [-0.05, 0) is 5.56 Å². The third-order valence-electron chi connectivity index (χ3n) is 2.47. The zero-order chi connectivity index (χ0) is 13.3. The monoisotopic (exact) mass is 270 g/mol. The number of carbonyl (C=O) groups is 2. The number of hydrogen-bond donors (Lipinski definition) is 2. The van der Waals surface area contributed by atoms with Crippen LogP contribution in [0.3, 0.4) is 0 Å². The second-order valence-electron chi connectivity index (χ2n) is 3.76. The van der Waals surface area contributed by atoms with Gasteiger partial charge >= 0.3 is 21.9 Å². The molecule has 7 nitrogen and oxygen atoms in total. The highest BCUT2D eigenvalue weighted by molar-refractivity contribution is 7.86. The van der Waals surface area contributed by atoms with Gasteiger partial charge in [0.2, 0.25) is 5.50 Å². The number of nitrogens with one attached hydrogen (secondary N) is 1. The lowest BCUT2D eigenvalue weighted by Gasteiger charge is -2.20. The summed E-state index contributed by atoms with van der Waals surface area (Å²) in [5, 5.41) is 1.91. The van der Waals surface area contributed by atoms with Crippen molar-refractivity contribution >= 4 is 21.9 Å². The largest absolute Gasteiger partial charge is 0.314 e. The zero-order valence-corrected chi connectivity index (χ0v) is 9.92. The standard InChI is InChI=1S/C10H10N2O5S/c13-8-9(14)12(10(11-8)18(15,16)17)6-7-4-2-1-3-5-7/h1-5,10H,6H2,(H,11,13)(H,15,16,17). The SMILES string of the molecule is O=C1NC(S(=O)(=O)O)N(Cc2ccccc2)C1=O. The number of rotatable bonds is 3. The smallest absolute Gasteiger partial charge is 0.313 e. The summed E-state index contributed by atoms with van der Waals surface area (Å²) in [6.45, 7) is -0.0805. The van der Waals surface area contributed by atoms with E-state index >= 15 is 0 Å². The summed E-state index contributed by atoms with van der Waals surface area (Å²) >= 11 is 0. The number of nitrogens with zero attached hydrogens (tertiary/aromatic N) is 1. The van der Waals surface area contributed by atoms with Crippen molar-refractivity contribution in [3.05, 3.63) is 35.9 Å². The first-order valence-electron chi connectivity index (χ1n) is 5.01. The van der Waals surface area contributed by atoms with Crippen molar-refractivity contribution in [3.8, 4) is 0 Å². The molecule has 1 unspecified atom stereocenters. The third-order valence-corrected chi connectivity index (χ3v) is 3.41. The molecule has 2 rings (SSSR count). The number of hydrogen-bond acceptors (Lipinski definition) is 4. The van der Waals surface area contributed by atoms with E-state index in [-0.39, 0.29) is 6.54 Å². The second kappa shape index (κ2) is 4.39. The lowest BCUT2D eigenvalue weighted by Crippen LogP contribution is -2.43. The van der Waals surface area contributed by atoms with Gasteiger partial charge in [-0.25, -0.2) is 0 Å². The summed E-state index contributed by atoms with van der Waals surface area (Å²) in [6.07, 6.45) is 0. The predicted octanol–water partition coefficient (Wildman–Crippen LogP) is -0.684. The third kappa shape index (κ3) is 2.34. The Bertz CT molecular complexity index is 584. The van der Waals surface area contributed by atoms with Crippen molar-refractivity contribution in [1.82, 2.24) is 10.2 Å². The first-order valence-corrected chi connectivity index (χ1v) is 6.51. The van der Waals surface area contributed by atoms with Crippen LogP contribution in [0.2, 0.25) is 0 Å². The summed E-state index contributed by atoms with van der Waals surface area (Å²) < 4.78 is 31.1. The molecular formula is C10H10N2O5S. The van der Waals surface area contributed by atoms with Crippen molar-refractivity contribution < 1.29 is 22.6 Å². The van der Waals surface area contributed by atoms with Gasteiger partial charge in [0.15, 0.2) is 0 Å². The van der Waals surface area contributed by atoms with Gasteiger partial charge in [-0.2, -0.15) is 8.42 Å². The lowest BCUT2D eigenvalue weighted by molar-refractivity contribution is -0.140. The molecule has 8 heteroatoms. The Kier molecular flexibility index (Phi) is 3.05. The molecule has 1 fully saturated rings. The first kappa shape index (κ1) is 12.5. The molecule has 0 spiro atoms. The number of amides is 2. The molecule has 0 aliphatic carbocycles. The van der Waals surface area contributed by atoms with E-state index in [0.29, 0.717) is 5.56 Å². The fourth-order valence-corrected chi connectivity index (χ4v) is 2.41. The Labute approximate surface area is 103 Å². The molecule has 1 saturated heterocycles. The molecular weight excluding hydrogens is 260 g/mol. The molecule has 18 heavy (non-hydrogen) atoms. The average molecular weight is 270 g/mol. The Balaban J connectivity index is 2.29. The van der Waals surface area contributed by atoms with Crippen LogP contribution in [0.15, 0.2) is 30.3 Å². The highest BCUT2D eigenvalue weighted by Crippen LogP contribution is 2.15. The van der Waals surface area contributed by atoms with Gasteiger partial charge in [-0.1, -0.05) is 30.3 Å². The van der Waals surface area contributed by atoms with E-state index < -0.39 is 27.4 Å². The second-order valence-corrected chi connectivity index (χ2v) is 5.24. The van der Waals surface area contributed by atoms with Gasteiger partial charge in [0.05, 0.1) is 0 Å². The number of benzene rings is 1. The van der Waals surface area contributed by atoms with Crippen LogP contribution in [-0.4, -0.2) is 35.2 Å². The maximum Gasteiger partial charge on any atom is 0.314 e. The fourth-order valence-electron chi connectivity index (χ4n) is 1.66. The van der Waals surface area contributed by atoms with Crippen LogP contribution in [0.1, 0.15) is 5.56 Å². The Morgan fingerprint density at radius 2 is 1.83 bits per heavy atom. The minimum atomic E-state index is -4.56. The number of carbonyl (C=O) groups excluding carboxylic acids is 2. The molecule has 0 aromatic heterocycles. The molecule has 96 valence electrons. The zero-order valence-electron chi connectivity index (χ0n) is 9.11. The minimum absolute atomic E-state index is 0.0805. The van der Waals surface area contributed by atoms with Crippen LogP contribution in [0.4, 0.5) is 0 Å². The summed E-state index contributed by atoms with van der Waals surface area (Å²) in [6, 6.07) is 8.55. The van der Waals surface area contributed by atoms with E-state index in [1.165, 1.54) is 0 Å². The molecule has 2 N–H and O–H groups in total. The highest BCUT2D eigenvalue weighted by atomic mass is 32.2. The van der Waals surface area contributed by atoms with Gasteiger partial charge in [-0.15, -0.1) is 0 Å². The van der Waals surface area contributed by atoms with Crippen LogP contribution in [-0.2, 0) is 26.3 Å². The summed E-state index contributed by atoms with van der Waals surface area (Å²) in [4.78, 5) is 23.4. The van der Waals surface area contributed by atoms with Crippen LogP contribution in [0, 0.1) is 0 Å². The molecule has 2 amide bonds. The molecule has 1 aromatic rings. The quantitative estimate of drug-likeness (QED) is 0.559. The summed E-state index contributed by atoms with van der Waals surface area (Å²) in [7, 11) is -4.56. The van der Waals surface area contributed by atoms with E-state index in [0.717, 1.165) is 4.90 Å². The topological polar surface area (TPSA) is 104 Å². The van der Waals surface area contributed by atoms with Gasteiger partial charge in [-0.3, -0.25) is 19.0 Å². The first-order chi connectivity index (χ1) is 8.39. The van der Waals surface area contributed by atoms with Crippen molar-refractivity contribution in [2.24, 2.45) is 0 Å². The lowest BCUT2D eigenvalue weighted by atomic mass is 10.2. The van der Waals surface area contributed by atoms with E-state index in [9.17, 15) is 18.0 Å². The summed E-state index contributed by atoms with van der Waals surface area (Å²) in [5.74, 6) is -2.03. The Hall–Kier alpha value is -1.93. The van der Waals surface area contributed by atoms with Crippen molar-refractivity contribution in [2.75, 3.05) is 0 Å². The van der Waals surface area contributed by atoms with E-state index in [1.807, 2.05) is 5.32 Å². The van der Waals surface area contributed by atoms with E-state index in [2.05, 4.69) is 0 Å². The maximum absolute atomic E-state index is 11.5. The van der Waals surface area contributed by atoms with Gasteiger partial charge in [0.25, 0.3) is 0 Å².